The molecule has 4 N–H and O–H groups in total. The summed E-state index contributed by atoms with van der Waals surface area (Å²) in [5.74, 6) is -1.46. The van der Waals surface area contributed by atoms with Gasteiger partial charge in [0.05, 0.1) is 17.9 Å². The Balaban J connectivity index is 4.02. The summed E-state index contributed by atoms with van der Waals surface area (Å²) in [6, 6.07) is -1.14. The molecule has 0 aromatic carbocycles. The van der Waals surface area contributed by atoms with Crippen molar-refractivity contribution in [1.82, 2.24) is 5.32 Å². The molecule has 0 aromatic rings. The van der Waals surface area contributed by atoms with Gasteiger partial charge in [-0.15, -0.1) is 0 Å². The van der Waals surface area contributed by atoms with Crippen LogP contribution in [0, 0.1) is 0 Å². The zero-order chi connectivity index (χ0) is 29.2. The molecule has 0 saturated heterocycles. The van der Waals surface area contributed by atoms with Crippen molar-refractivity contribution >= 4 is 16.0 Å². The smallest absolute Gasteiger partial charge is 0.266 e. The maximum atomic E-state index is 12.4. The monoisotopic (exact) mass is 575 g/mol. The molecular weight excluding hydrogens is 514 g/mol. The molecule has 0 heterocycles. The van der Waals surface area contributed by atoms with Crippen LogP contribution in [0.1, 0.15) is 155 Å². The van der Waals surface area contributed by atoms with Gasteiger partial charge in [-0.1, -0.05) is 129 Å². The van der Waals surface area contributed by atoms with Crippen molar-refractivity contribution < 1.29 is 28.0 Å². The number of aliphatic hydroxyl groups excluding tert-OH is 2. The van der Waals surface area contributed by atoms with Crippen molar-refractivity contribution in [3.63, 3.8) is 0 Å². The molecule has 0 saturated carbocycles. The summed E-state index contributed by atoms with van der Waals surface area (Å²) in [6.45, 7) is 4.38. The molecule has 0 aliphatic carbocycles. The van der Waals surface area contributed by atoms with Crippen LogP contribution in [0.25, 0.3) is 0 Å². The maximum absolute atomic E-state index is 12.4. The molecule has 0 aromatic heterocycles. The van der Waals surface area contributed by atoms with Gasteiger partial charge in [0.1, 0.15) is 6.10 Å². The van der Waals surface area contributed by atoms with Gasteiger partial charge in [-0.25, -0.2) is 0 Å². The van der Waals surface area contributed by atoms with Crippen LogP contribution in [0.5, 0.6) is 0 Å². The predicted octanol–water partition coefficient (Wildman–Crippen LogP) is 7.26. The molecule has 0 spiro atoms. The van der Waals surface area contributed by atoms with E-state index < -0.39 is 40.0 Å². The molecule has 0 aliphatic rings. The molecule has 0 radical (unpaired) electrons. The van der Waals surface area contributed by atoms with Crippen molar-refractivity contribution in [3.05, 3.63) is 12.2 Å². The first kappa shape index (κ1) is 38.0. The van der Waals surface area contributed by atoms with Gasteiger partial charge in [-0.2, -0.15) is 8.42 Å². The standard InChI is InChI=1S/C31H61NO6S/c1-3-5-7-9-11-12-13-14-15-16-17-18-19-20-22-24-26-30(34)31(35)32-28(27-39(36,37)38)29(33)25-23-21-10-8-6-4-2/h14-15,28-30,33-34H,3-13,16-27H2,1-2H3,(H,32,35)(H,36,37,38)/b15-14-. The number of hydrogen-bond donors (Lipinski definition) is 4. The van der Waals surface area contributed by atoms with Crippen LogP contribution >= 0.6 is 0 Å². The molecule has 7 nitrogen and oxygen atoms in total. The molecular formula is C31H61NO6S. The first-order valence-corrected chi connectivity index (χ1v) is 17.6. The van der Waals surface area contributed by atoms with Crippen LogP contribution in [-0.4, -0.2) is 53.1 Å². The Morgan fingerprint density at radius 3 is 1.54 bits per heavy atom. The van der Waals surface area contributed by atoms with Gasteiger partial charge in [0.15, 0.2) is 0 Å². The Kier molecular flexibility index (Phi) is 25.3. The highest BCUT2D eigenvalue weighted by molar-refractivity contribution is 7.85. The Bertz CT molecular complexity index is 697. The largest absolute Gasteiger partial charge is 0.391 e. The molecule has 8 heteroatoms. The van der Waals surface area contributed by atoms with Gasteiger partial charge in [0, 0.05) is 0 Å². The summed E-state index contributed by atoms with van der Waals surface area (Å²) >= 11 is 0. The van der Waals surface area contributed by atoms with E-state index in [9.17, 15) is 28.0 Å². The Morgan fingerprint density at radius 1 is 0.667 bits per heavy atom. The summed E-state index contributed by atoms with van der Waals surface area (Å²) < 4.78 is 32.1. The lowest BCUT2D eigenvalue weighted by Crippen LogP contribution is -2.50. The summed E-state index contributed by atoms with van der Waals surface area (Å²) in [7, 11) is -4.39. The fraction of sp³-hybridized carbons (Fsp3) is 0.903. The average molecular weight is 576 g/mol. The third kappa shape index (κ3) is 25.7. The van der Waals surface area contributed by atoms with Crippen molar-refractivity contribution in [2.75, 3.05) is 5.75 Å². The zero-order valence-corrected chi connectivity index (χ0v) is 25.9. The lowest BCUT2D eigenvalue weighted by molar-refractivity contribution is -0.131. The first-order chi connectivity index (χ1) is 18.7. The van der Waals surface area contributed by atoms with Crippen LogP contribution in [0.2, 0.25) is 0 Å². The van der Waals surface area contributed by atoms with Crippen molar-refractivity contribution in [2.24, 2.45) is 0 Å². The number of carbonyl (C=O) groups is 1. The molecule has 3 atom stereocenters. The van der Waals surface area contributed by atoms with Crippen LogP contribution in [0.4, 0.5) is 0 Å². The Hall–Kier alpha value is -0.960. The molecule has 3 unspecified atom stereocenters. The van der Waals surface area contributed by atoms with Crippen LogP contribution in [-0.2, 0) is 14.9 Å². The highest BCUT2D eigenvalue weighted by Crippen LogP contribution is 2.14. The minimum atomic E-state index is -4.39. The first-order valence-electron chi connectivity index (χ1n) is 16.0. The molecule has 0 aliphatic heterocycles. The van der Waals surface area contributed by atoms with E-state index in [-0.39, 0.29) is 0 Å². The fourth-order valence-corrected chi connectivity index (χ4v) is 5.57. The predicted molar refractivity (Wildman–Crippen MR) is 162 cm³/mol. The number of rotatable bonds is 28. The van der Waals surface area contributed by atoms with E-state index in [2.05, 4.69) is 31.3 Å². The van der Waals surface area contributed by atoms with Gasteiger partial charge in [-0.05, 0) is 38.5 Å². The van der Waals surface area contributed by atoms with Gasteiger partial charge >= 0.3 is 0 Å². The second-order valence-electron chi connectivity index (χ2n) is 11.2. The summed E-state index contributed by atoms with van der Waals surface area (Å²) in [5.41, 5.74) is 0. The second-order valence-corrected chi connectivity index (χ2v) is 12.7. The van der Waals surface area contributed by atoms with Gasteiger partial charge < -0.3 is 15.5 Å². The molecule has 1 amide bonds. The van der Waals surface area contributed by atoms with Crippen LogP contribution < -0.4 is 5.32 Å². The molecule has 0 bridgehead atoms. The van der Waals surface area contributed by atoms with E-state index in [1.165, 1.54) is 64.2 Å². The van der Waals surface area contributed by atoms with Crippen molar-refractivity contribution in [3.8, 4) is 0 Å². The summed E-state index contributed by atoms with van der Waals surface area (Å²) in [5, 5.41) is 23.2. The lowest BCUT2D eigenvalue weighted by Gasteiger charge is -2.24. The molecule has 0 fully saturated rings. The Labute approximate surface area is 240 Å². The van der Waals surface area contributed by atoms with Gasteiger partial charge in [0.25, 0.3) is 10.1 Å². The van der Waals surface area contributed by atoms with Crippen molar-refractivity contribution in [2.45, 2.75) is 173 Å². The highest BCUT2D eigenvalue weighted by atomic mass is 32.2. The van der Waals surface area contributed by atoms with E-state index in [0.717, 1.165) is 51.4 Å². The van der Waals surface area contributed by atoms with Crippen LogP contribution in [0.15, 0.2) is 12.2 Å². The molecule has 39 heavy (non-hydrogen) atoms. The number of hydrogen-bond acceptors (Lipinski definition) is 5. The quantitative estimate of drug-likeness (QED) is 0.0442. The molecule has 0 rings (SSSR count). The Morgan fingerprint density at radius 2 is 1.08 bits per heavy atom. The van der Waals surface area contributed by atoms with Gasteiger partial charge in [0.2, 0.25) is 5.91 Å². The average Bonchev–Trinajstić information content (AvgIpc) is 2.88. The number of allylic oxidation sites excluding steroid dienone is 2. The van der Waals surface area contributed by atoms with E-state index in [1.54, 1.807) is 0 Å². The minimum Gasteiger partial charge on any atom is -0.391 e. The number of amides is 1. The summed E-state index contributed by atoms with van der Waals surface area (Å²) in [4.78, 5) is 12.4. The number of aliphatic hydroxyl groups is 2. The number of carbonyl (C=O) groups excluding carboxylic acids is 1. The topological polar surface area (TPSA) is 124 Å². The highest BCUT2D eigenvalue weighted by Gasteiger charge is 2.28. The van der Waals surface area contributed by atoms with E-state index >= 15 is 0 Å². The van der Waals surface area contributed by atoms with E-state index in [4.69, 9.17) is 0 Å². The van der Waals surface area contributed by atoms with E-state index in [0.29, 0.717) is 25.7 Å². The second kappa shape index (κ2) is 26.0. The van der Waals surface area contributed by atoms with Gasteiger partial charge in [-0.3, -0.25) is 9.35 Å². The number of unbranched alkanes of at least 4 members (excludes halogenated alkanes) is 17. The minimum absolute atomic E-state index is 0.291. The van der Waals surface area contributed by atoms with Crippen molar-refractivity contribution in [1.29, 1.82) is 0 Å². The fourth-order valence-electron chi connectivity index (χ4n) is 4.81. The zero-order valence-electron chi connectivity index (χ0n) is 25.1. The third-order valence-electron chi connectivity index (χ3n) is 7.33. The normalized spacial score (nSPS) is 14.5. The third-order valence-corrected chi connectivity index (χ3v) is 8.11. The SMILES string of the molecule is CCCCCCCC/C=C\CCCCCCCCC(O)C(=O)NC(CS(=O)(=O)O)C(O)CCCCCCCC. The lowest BCUT2D eigenvalue weighted by atomic mass is 10.0. The maximum Gasteiger partial charge on any atom is 0.266 e. The van der Waals surface area contributed by atoms with E-state index in [1.807, 2.05) is 0 Å². The van der Waals surface area contributed by atoms with Crippen LogP contribution in [0.3, 0.4) is 0 Å². The number of nitrogens with one attached hydrogen (secondary N) is 1. The summed E-state index contributed by atoms with van der Waals surface area (Å²) in [6.07, 6.45) is 25.5. The molecule has 232 valence electrons.